The van der Waals surface area contributed by atoms with Crippen molar-refractivity contribution in [3.63, 3.8) is 0 Å². The first kappa shape index (κ1) is 10.6. The molecule has 1 aromatic heterocycles. The summed E-state index contributed by atoms with van der Waals surface area (Å²) in [5.74, 6) is 0.658. The number of nitrogen functional groups attached to an aromatic ring is 1. The van der Waals surface area contributed by atoms with Gasteiger partial charge in [0, 0.05) is 6.54 Å². The number of para-hydroxylation sites is 2. The molecule has 3 nitrogen and oxygen atoms in total. The van der Waals surface area contributed by atoms with Gasteiger partial charge in [-0.15, -0.1) is 0 Å². The second-order valence-corrected chi connectivity index (χ2v) is 5.25. The molecule has 1 aliphatic rings. The molecule has 0 radical (unpaired) electrons. The molecule has 0 unspecified atom stereocenters. The summed E-state index contributed by atoms with van der Waals surface area (Å²) in [7, 11) is 0. The Balaban J connectivity index is 2.02. The van der Waals surface area contributed by atoms with Crippen molar-refractivity contribution in [1.82, 2.24) is 9.55 Å². The van der Waals surface area contributed by atoms with Crippen LogP contribution in [0.3, 0.4) is 0 Å². The Hall–Kier alpha value is -1.51. The van der Waals surface area contributed by atoms with Crippen molar-refractivity contribution in [2.45, 2.75) is 39.2 Å². The molecule has 1 aromatic carbocycles. The number of aromatic nitrogens is 2. The van der Waals surface area contributed by atoms with E-state index in [1.165, 1.54) is 31.2 Å². The van der Waals surface area contributed by atoms with E-state index in [9.17, 15) is 0 Å². The first-order chi connectivity index (χ1) is 8.24. The summed E-state index contributed by atoms with van der Waals surface area (Å²) >= 11 is 0. The number of anilines is 1. The third-order valence-corrected chi connectivity index (χ3v) is 4.34. The zero-order valence-corrected chi connectivity index (χ0v) is 10.3. The van der Waals surface area contributed by atoms with Crippen LogP contribution in [0.1, 0.15) is 32.6 Å². The lowest BCUT2D eigenvalue weighted by atomic mass is 9.67. The maximum atomic E-state index is 6.05. The Bertz CT molecular complexity index is 532. The first-order valence-electron chi connectivity index (χ1n) is 6.45. The van der Waals surface area contributed by atoms with Gasteiger partial charge in [0.05, 0.1) is 11.0 Å². The Labute approximate surface area is 102 Å². The molecule has 0 atom stereocenters. The molecule has 0 aliphatic heterocycles. The van der Waals surface area contributed by atoms with Gasteiger partial charge in [-0.05, 0) is 36.8 Å². The lowest BCUT2D eigenvalue weighted by molar-refractivity contribution is 0.103. The number of rotatable bonds is 3. The van der Waals surface area contributed by atoms with Crippen LogP contribution in [0, 0.1) is 5.41 Å². The fourth-order valence-electron chi connectivity index (χ4n) is 2.90. The fourth-order valence-corrected chi connectivity index (χ4v) is 2.90. The minimum atomic E-state index is 0.470. The Morgan fingerprint density at radius 1 is 1.35 bits per heavy atom. The van der Waals surface area contributed by atoms with Crippen molar-refractivity contribution in [2.75, 3.05) is 5.73 Å². The molecule has 1 saturated carbocycles. The van der Waals surface area contributed by atoms with E-state index in [1.54, 1.807) is 0 Å². The van der Waals surface area contributed by atoms with Gasteiger partial charge in [0.1, 0.15) is 0 Å². The van der Waals surface area contributed by atoms with Crippen LogP contribution < -0.4 is 5.73 Å². The summed E-state index contributed by atoms with van der Waals surface area (Å²) in [6.07, 6.45) is 5.25. The van der Waals surface area contributed by atoms with Gasteiger partial charge in [-0.3, -0.25) is 0 Å². The van der Waals surface area contributed by atoms with Crippen molar-refractivity contribution in [2.24, 2.45) is 5.41 Å². The maximum Gasteiger partial charge on any atom is 0.201 e. The van der Waals surface area contributed by atoms with Crippen LogP contribution in [-0.2, 0) is 6.54 Å². The van der Waals surface area contributed by atoms with E-state index in [1.807, 2.05) is 12.1 Å². The maximum absolute atomic E-state index is 6.05. The number of benzene rings is 1. The van der Waals surface area contributed by atoms with Crippen LogP contribution in [0.5, 0.6) is 0 Å². The summed E-state index contributed by atoms with van der Waals surface area (Å²) < 4.78 is 2.19. The van der Waals surface area contributed by atoms with Gasteiger partial charge < -0.3 is 10.3 Å². The van der Waals surface area contributed by atoms with Crippen molar-refractivity contribution in [1.29, 1.82) is 0 Å². The summed E-state index contributed by atoms with van der Waals surface area (Å²) in [4.78, 5) is 4.43. The lowest BCUT2D eigenvalue weighted by Gasteiger charge is -2.41. The van der Waals surface area contributed by atoms with Crippen LogP contribution in [0.4, 0.5) is 5.95 Å². The van der Waals surface area contributed by atoms with Gasteiger partial charge in [0.25, 0.3) is 0 Å². The van der Waals surface area contributed by atoms with Crippen molar-refractivity contribution in [3.05, 3.63) is 24.3 Å². The van der Waals surface area contributed by atoms with E-state index >= 15 is 0 Å². The number of fused-ring (bicyclic) bond motifs is 1. The normalized spacial score (nSPS) is 18.2. The van der Waals surface area contributed by atoms with Gasteiger partial charge in [-0.25, -0.2) is 4.98 Å². The van der Waals surface area contributed by atoms with E-state index in [0.717, 1.165) is 12.1 Å². The summed E-state index contributed by atoms with van der Waals surface area (Å²) in [6, 6.07) is 8.21. The highest BCUT2D eigenvalue weighted by molar-refractivity contribution is 5.78. The Morgan fingerprint density at radius 2 is 2.12 bits per heavy atom. The van der Waals surface area contributed by atoms with Crippen molar-refractivity contribution >= 4 is 17.0 Å². The van der Waals surface area contributed by atoms with Gasteiger partial charge >= 0.3 is 0 Å². The molecule has 1 heterocycles. The number of nitrogens with zero attached hydrogens (tertiary/aromatic N) is 2. The molecule has 90 valence electrons. The molecule has 0 bridgehead atoms. The van der Waals surface area contributed by atoms with Crippen LogP contribution in [-0.4, -0.2) is 9.55 Å². The van der Waals surface area contributed by atoms with Crippen LogP contribution >= 0.6 is 0 Å². The predicted molar refractivity (Wildman–Crippen MR) is 70.7 cm³/mol. The molecule has 2 aromatic rings. The third kappa shape index (κ3) is 1.61. The number of hydrogen-bond acceptors (Lipinski definition) is 2. The van der Waals surface area contributed by atoms with E-state index in [4.69, 9.17) is 5.73 Å². The second-order valence-electron chi connectivity index (χ2n) is 5.25. The Morgan fingerprint density at radius 3 is 2.76 bits per heavy atom. The Kier molecular flexibility index (Phi) is 2.35. The molecular weight excluding hydrogens is 210 g/mol. The molecule has 2 N–H and O–H groups in total. The van der Waals surface area contributed by atoms with Crippen molar-refractivity contribution < 1.29 is 0 Å². The number of hydrogen-bond donors (Lipinski definition) is 1. The molecule has 3 heteroatoms. The molecule has 1 fully saturated rings. The standard InChI is InChI=1S/C14H19N3/c1-2-14(8-5-9-14)10-17-12-7-4-3-6-11(12)16-13(17)15/h3-4,6-7H,2,5,8-10H2,1H3,(H2,15,16). The minimum Gasteiger partial charge on any atom is -0.369 e. The van der Waals surface area contributed by atoms with E-state index < -0.39 is 0 Å². The van der Waals surface area contributed by atoms with Crippen molar-refractivity contribution in [3.8, 4) is 0 Å². The minimum absolute atomic E-state index is 0.470. The number of nitrogens with two attached hydrogens (primary N) is 1. The third-order valence-electron chi connectivity index (χ3n) is 4.34. The highest BCUT2D eigenvalue weighted by atomic mass is 15.2. The molecule has 0 amide bonds. The van der Waals surface area contributed by atoms with E-state index in [0.29, 0.717) is 11.4 Å². The average molecular weight is 229 g/mol. The highest BCUT2D eigenvalue weighted by Crippen LogP contribution is 2.45. The average Bonchev–Trinajstić information content (AvgIpc) is 2.60. The summed E-state index contributed by atoms with van der Waals surface area (Å²) in [5.41, 5.74) is 8.70. The zero-order chi connectivity index (χ0) is 11.9. The van der Waals surface area contributed by atoms with E-state index in [2.05, 4.69) is 28.6 Å². The van der Waals surface area contributed by atoms with E-state index in [-0.39, 0.29) is 0 Å². The van der Waals surface area contributed by atoms with Crippen LogP contribution in [0.15, 0.2) is 24.3 Å². The molecule has 17 heavy (non-hydrogen) atoms. The monoisotopic (exact) mass is 229 g/mol. The first-order valence-corrected chi connectivity index (χ1v) is 6.45. The molecule has 0 spiro atoms. The van der Waals surface area contributed by atoms with Gasteiger partial charge in [-0.2, -0.15) is 0 Å². The zero-order valence-electron chi connectivity index (χ0n) is 10.3. The van der Waals surface area contributed by atoms with Gasteiger partial charge in [0.2, 0.25) is 5.95 Å². The quantitative estimate of drug-likeness (QED) is 0.878. The number of imidazole rings is 1. The highest BCUT2D eigenvalue weighted by Gasteiger charge is 2.36. The molecule has 3 rings (SSSR count). The second kappa shape index (κ2) is 3.76. The molecule has 0 saturated heterocycles. The smallest absolute Gasteiger partial charge is 0.201 e. The summed E-state index contributed by atoms with van der Waals surface area (Å²) in [5, 5.41) is 0. The van der Waals surface area contributed by atoms with Crippen LogP contribution in [0.2, 0.25) is 0 Å². The van der Waals surface area contributed by atoms with Gasteiger partial charge in [0.15, 0.2) is 0 Å². The molecular formula is C14H19N3. The fraction of sp³-hybridized carbons (Fsp3) is 0.500. The summed E-state index contributed by atoms with van der Waals surface area (Å²) in [6.45, 7) is 3.31. The topological polar surface area (TPSA) is 43.8 Å². The SMILES string of the molecule is CCC1(Cn2c(N)nc3ccccc32)CCC1. The van der Waals surface area contributed by atoms with Crippen LogP contribution in [0.25, 0.3) is 11.0 Å². The molecule has 1 aliphatic carbocycles. The predicted octanol–water partition coefficient (Wildman–Crippen LogP) is 3.20. The largest absolute Gasteiger partial charge is 0.369 e. The lowest BCUT2D eigenvalue weighted by Crippen LogP contribution is -2.33. The van der Waals surface area contributed by atoms with Gasteiger partial charge in [-0.1, -0.05) is 25.5 Å².